The average molecular weight is 399 g/mol. The van der Waals surface area contributed by atoms with E-state index in [9.17, 15) is 10.1 Å². The first-order valence-electron chi connectivity index (χ1n) is 7.53. The summed E-state index contributed by atoms with van der Waals surface area (Å²) in [5.41, 5.74) is 2.77. The van der Waals surface area contributed by atoms with E-state index in [4.69, 9.17) is 0 Å². The fourth-order valence-electron chi connectivity index (χ4n) is 2.67. The lowest BCUT2D eigenvalue weighted by Crippen LogP contribution is -2.30. The van der Waals surface area contributed by atoms with Crippen LogP contribution in [0.2, 0.25) is 0 Å². The number of nitriles is 1. The van der Waals surface area contributed by atoms with Crippen molar-refractivity contribution in [2.24, 2.45) is 0 Å². The predicted octanol–water partition coefficient (Wildman–Crippen LogP) is 4.72. The summed E-state index contributed by atoms with van der Waals surface area (Å²) in [7, 11) is 0. The zero-order chi connectivity index (χ0) is 16.9. The standard InChI is InChI=1S/C19H15BrN2OS/c20-15-8-4-7-14(9-15)16-10-18(23)22-19(17(16)11-21)24-12-13-5-2-1-3-6-13/h1-9,16H,10,12H2,(H,22,23)/t16-/m1/s1. The van der Waals surface area contributed by atoms with E-state index >= 15 is 0 Å². The zero-order valence-electron chi connectivity index (χ0n) is 12.8. The molecule has 1 amide bonds. The van der Waals surface area contributed by atoms with Gasteiger partial charge in [-0.15, -0.1) is 11.8 Å². The average Bonchev–Trinajstić information content (AvgIpc) is 2.60. The Balaban J connectivity index is 1.89. The molecule has 0 aromatic heterocycles. The van der Waals surface area contributed by atoms with Gasteiger partial charge in [-0.1, -0.05) is 58.4 Å². The second-order valence-electron chi connectivity index (χ2n) is 5.49. The van der Waals surface area contributed by atoms with E-state index in [1.165, 1.54) is 11.8 Å². The molecule has 5 heteroatoms. The Labute approximate surface area is 153 Å². The van der Waals surface area contributed by atoms with Crippen molar-refractivity contribution in [2.75, 3.05) is 0 Å². The Morgan fingerprint density at radius 2 is 2.00 bits per heavy atom. The van der Waals surface area contributed by atoms with Gasteiger partial charge < -0.3 is 5.32 Å². The Bertz CT molecular complexity index is 827. The number of rotatable bonds is 4. The number of nitrogens with one attached hydrogen (secondary N) is 1. The number of hydrogen-bond donors (Lipinski definition) is 1. The summed E-state index contributed by atoms with van der Waals surface area (Å²) in [5.74, 6) is 0.474. The summed E-state index contributed by atoms with van der Waals surface area (Å²) in [6.07, 6.45) is 0.300. The van der Waals surface area contributed by atoms with Gasteiger partial charge in [0.2, 0.25) is 5.91 Å². The van der Waals surface area contributed by atoms with Crippen molar-refractivity contribution in [1.29, 1.82) is 5.26 Å². The van der Waals surface area contributed by atoms with Gasteiger partial charge in [-0.3, -0.25) is 4.79 Å². The van der Waals surface area contributed by atoms with Crippen molar-refractivity contribution < 1.29 is 4.79 Å². The molecular weight excluding hydrogens is 384 g/mol. The van der Waals surface area contributed by atoms with Crippen LogP contribution in [0.25, 0.3) is 0 Å². The molecule has 1 aliphatic rings. The van der Waals surface area contributed by atoms with E-state index in [0.717, 1.165) is 15.6 Å². The topological polar surface area (TPSA) is 52.9 Å². The number of thioether (sulfide) groups is 1. The first-order valence-corrected chi connectivity index (χ1v) is 9.31. The molecule has 2 aromatic rings. The molecule has 0 radical (unpaired) electrons. The molecule has 2 aromatic carbocycles. The molecule has 3 rings (SSSR count). The maximum Gasteiger partial charge on any atom is 0.225 e. The van der Waals surface area contributed by atoms with E-state index in [1.807, 2.05) is 54.6 Å². The molecule has 3 nitrogen and oxygen atoms in total. The molecule has 24 heavy (non-hydrogen) atoms. The molecule has 0 saturated heterocycles. The normalized spacial score (nSPS) is 17.3. The first kappa shape index (κ1) is 16.8. The highest BCUT2D eigenvalue weighted by molar-refractivity contribution is 9.10. The molecule has 0 unspecified atom stereocenters. The van der Waals surface area contributed by atoms with Crippen molar-refractivity contribution >= 4 is 33.6 Å². The molecular formula is C19H15BrN2OS. The monoisotopic (exact) mass is 398 g/mol. The minimum atomic E-state index is -0.195. The van der Waals surface area contributed by atoms with E-state index < -0.39 is 0 Å². The number of nitrogens with zero attached hydrogens (tertiary/aromatic N) is 1. The van der Waals surface area contributed by atoms with E-state index in [0.29, 0.717) is 22.8 Å². The maximum atomic E-state index is 12.1. The third-order valence-corrected chi connectivity index (χ3v) is 5.41. The number of allylic oxidation sites excluding steroid dienone is 1. The Morgan fingerprint density at radius 1 is 1.21 bits per heavy atom. The Hall–Kier alpha value is -2.03. The third kappa shape index (κ3) is 3.89. The highest BCUT2D eigenvalue weighted by Gasteiger charge is 2.29. The van der Waals surface area contributed by atoms with Crippen LogP contribution in [0.5, 0.6) is 0 Å². The van der Waals surface area contributed by atoms with Crippen LogP contribution in [-0.4, -0.2) is 5.91 Å². The molecule has 1 atom stereocenters. The second-order valence-corrected chi connectivity index (χ2v) is 7.39. The van der Waals surface area contributed by atoms with Crippen LogP contribution in [0.4, 0.5) is 0 Å². The van der Waals surface area contributed by atoms with E-state index in [2.05, 4.69) is 27.3 Å². The third-order valence-electron chi connectivity index (χ3n) is 3.83. The van der Waals surface area contributed by atoms with Crippen molar-refractivity contribution in [3.8, 4) is 6.07 Å². The van der Waals surface area contributed by atoms with Crippen LogP contribution >= 0.6 is 27.7 Å². The van der Waals surface area contributed by atoms with Gasteiger partial charge in [0.05, 0.1) is 16.7 Å². The van der Waals surface area contributed by atoms with Gasteiger partial charge in [0.25, 0.3) is 0 Å². The molecule has 1 heterocycles. The fraction of sp³-hybridized carbons (Fsp3) is 0.158. The molecule has 1 aliphatic heterocycles. The highest BCUT2D eigenvalue weighted by Crippen LogP contribution is 2.37. The van der Waals surface area contributed by atoms with E-state index in [-0.39, 0.29) is 11.8 Å². The van der Waals surface area contributed by atoms with Crippen molar-refractivity contribution in [3.05, 3.63) is 80.8 Å². The van der Waals surface area contributed by atoms with Crippen molar-refractivity contribution in [3.63, 3.8) is 0 Å². The summed E-state index contributed by atoms with van der Waals surface area (Å²) in [5, 5.41) is 13.2. The van der Waals surface area contributed by atoms with Crippen LogP contribution < -0.4 is 5.32 Å². The lowest BCUT2D eigenvalue weighted by Gasteiger charge is -2.25. The number of carbonyl (C=O) groups excluding carboxylic acids is 1. The van der Waals surface area contributed by atoms with Gasteiger partial charge in [0.15, 0.2) is 0 Å². The summed E-state index contributed by atoms with van der Waals surface area (Å²) >= 11 is 4.96. The molecule has 0 aliphatic carbocycles. The van der Waals surface area contributed by atoms with Crippen LogP contribution in [0, 0.1) is 11.3 Å². The molecule has 120 valence electrons. The number of hydrogen-bond acceptors (Lipinski definition) is 3. The van der Waals surface area contributed by atoms with Gasteiger partial charge in [-0.2, -0.15) is 5.26 Å². The van der Waals surface area contributed by atoms with Crippen LogP contribution in [-0.2, 0) is 10.5 Å². The van der Waals surface area contributed by atoms with Crippen molar-refractivity contribution in [1.82, 2.24) is 5.32 Å². The first-order chi connectivity index (χ1) is 11.7. The number of benzene rings is 2. The molecule has 0 fully saturated rings. The van der Waals surface area contributed by atoms with Crippen LogP contribution in [0.15, 0.2) is 69.7 Å². The fourth-order valence-corrected chi connectivity index (χ4v) is 4.12. The minimum Gasteiger partial charge on any atom is -0.320 e. The minimum absolute atomic E-state index is 0.0467. The van der Waals surface area contributed by atoms with E-state index in [1.54, 1.807) is 0 Å². The quantitative estimate of drug-likeness (QED) is 0.810. The van der Waals surface area contributed by atoms with Gasteiger partial charge in [-0.05, 0) is 23.3 Å². The lowest BCUT2D eigenvalue weighted by molar-refractivity contribution is -0.120. The van der Waals surface area contributed by atoms with Gasteiger partial charge in [-0.25, -0.2) is 0 Å². The smallest absolute Gasteiger partial charge is 0.225 e. The van der Waals surface area contributed by atoms with Crippen LogP contribution in [0.3, 0.4) is 0 Å². The maximum absolute atomic E-state index is 12.1. The number of amides is 1. The highest BCUT2D eigenvalue weighted by atomic mass is 79.9. The summed E-state index contributed by atoms with van der Waals surface area (Å²) in [6.45, 7) is 0. The molecule has 0 bridgehead atoms. The summed E-state index contributed by atoms with van der Waals surface area (Å²) < 4.78 is 0.946. The Morgan fingerprint density at radius 3 is 2.71 bits per heavy atom. The van der Waals surface area contributed by atoms with Gasteiger partial charge in [0, 0.05) is 22.6 Å². The number of carbonyl (C=O) groups is 1. The molecule has 1 N–H and O–H groups in total. The second kappa shape index (κ2) is 7.69. The SMILES string of the molecule is N#CC1=C(SCc2ccccc2)NC(=O)C[C@@H]1c1cccc(Br)c1. The van der Waals surface area contributed by atoms with Crippen molar-refractivity contribution in [2.45, 2.75) is 18.1 Å². The summed E-state index contributed by atoms with van der Waals surface area (Å²) in [6, 6.07) is 20.1. The Kier molecular flexibility index (Phi) is 5.39. The number of halogens is 1. The largest absolute Gasteiger partial charge is 0.320 e. The van der Waals surface area contributed by atoms with Gasteiger partial charge >= 0.3 is 0 Å². The van der Waals surface area contributed by atoms with Gasteiger partial charge in [0.1, 0.15) is 0 Å². The predicted molar refractivity (Wildman–Crippen MR) is 100 cm³/mol. The van der Waals surface area contributed by atoms with Crippen LogP contribution in [0.1, 0.15) is 23.5 Å². The summed E-state index contributed by atoms with van der Waals surface area (Å²) in [4.78, 5) is 12.1. The zero-order valence-corrected chi connectivity index (χ0v) is 15.2. The molecule has 0 spiro atoms. The molecule has 0 saturated carbocycles. The lowest BCUT2D eigenvalue weighted by atomic mass is 9.87.